The molecule has 2 aromatic rings. The van der Waals surface area contributed by atoms with Crippen LogP contribution in [0.1, 0.15) is 10.4 Å². The Bertz CT molecular complexity index is 911. The fraction of sp³-hybridized carbons (Fsp3) is 0.316. The maximum absolute atomic E-state index is 12.9. The largest absolute Gasteiger partial charge is 0.486 e. The molecule has 8 nitrogen and oxygen atoms in total. The molecule has 0 spiro atoms. The van der Waals surface area contributed by atoms with E-state index < -0.39 is 4.92 Å². The van der Waals surface area contributed by atoms with Crippen LogP contribution >= 0.6 is 11.6 Å². The second-order valence-corrected chi connectivity index (χ2v) is 6.94. The lowest BCUT2D eigenvalue weighted by Crippen LogP contribution is -2.48. The first-order valence-electron chi connectivity index (χ1n) is 8.91. The predicted molar refractivity (Wildman–Crippen MR) is 104 cm³/mol. The summed E-state index contributed by atoms with van der Waals surface area (Å²) in [6.45, 7) is 3.23. The summed E-state index contributed by atoms with van der Waals surface area (Å²) in [5.74, 6) is 0.862. The van der Waals surface area contributed by atoms with Crippen LogP contribution in [0.5, 0.6) is 11.5 Å². The number of hydrogen-bond acceptors (Lipinski definition) is 6. The van der Waals surface area contributed by atoms with Crippen LogP contribution in [0.25, 0.3) is 0 Å². The molecular formula is C19H18ClN3O5. The SMILES string of the molecule is O=C(c1cc(Cl)c2c(c1)OCCO2)N1CCN(c2ccc([N+](=O)[O-])cc2)CC1. The molecule has 0 atom stereocenters. The summed E-state index contributed by atoms with van der Waals surface area (Å²) < 4.78 is 11.0. The Morgan fingerprint density at radius 2 is 1.71 bits per heavy atom. The molecule has 1 saturated heterocycles. The molecule has 0 aromatic heterocycles. The van der Waals surface area contributed by atoms with Gasteiger partial charge >= 0.3 is 0 Å². The minimum Gasteiger partial charge on any atom is -0.486 e. The van der Waals surface area contributed by atoms with E-state index in [1.165, 1.54) is 12.1 Å². The standard InChI is InChI=1S/C19H18ClN3O5/c20-16-11-13(12-17-18(16)28-10-9-27-17)19(24)22-7-5-21(6-8-22)14-1-3-15(4-2-14)23(25)26/h1-4,11-12H,5-10H2. The van der Waals surface area contributed by atoms with Gasteiger partial charge in [0.15, 0.2) is 11.5 Å². The van der Waals surface area contributed by atoms with Gasteiger partial charge < -0.3 is 19.3 Å². The number of anilines is 1. The highest BCUT2D eigenvalue weighted by Gasteiger charge is 2.25. The average molecular weight is 404 g/mol. The van der Waals surface area contributed by atoms with Gasteiger partial charge in [0, 0.05) is 49.6 Å². The number of ether oxygens (including phenoxy) is 2. The number of nitrogens with zero attached hydrogens (tertiary/aromatic N) is 3. The van der Waals surface area contributed by atoms with Crippen LogP contribution in [0.2, 0.25) is 5.02 Å². The first-order valence-corrected chi connectivity index (χ1v) is 9.28. The van der Waals surface area contributed by atoms with Crippen LogP contribution in [0, 0.1) is 10.1 Å². The Labute approximate surface area is 166 Å². The molecule has 2 heterocycles. The minimum absolute atomic E-state index is 0.0630. The van der Waals surface area contributed by atoms with E-state index in [9.17, 15) is 14.9 Å². The number of rotatable bonds is 3. The molecule has 0 bridgehead atoms. The van der Waals surface area contributed by atoms with Crippen LogP contribution in [0.15, 0.2) is 36.4 Å². The Balaban J connectivity index is 1.43. The van der Waals surface area contributed by atoms with E-state index in [1.54, 1.807) is 29.2 Å². The fourth-order valence-electron chi connectivity index (χ4n) is 3.37. The molecule has 2 aliphatic heterocycles. The van der Waals surface area contributed by atoms with E-state index in [1.807, 2.05) is 0 Å². The Morgan fingerprint density at radius 1 is 1.04 bits per heavy atom. The summed E-state index contributed by atoms with van der Waals surface area (Å²) in [6.07, 6.45) is 0. The Hall–Kier alpha value is -3.00. The van der Waals surface area contributed by atoms with E-state index in [4.69, 9.17) is 21.1 Å². The molecule has 28 heavy (non-hydrogen) atoms. The number of carbonyl (C=O) groups is 1. The number of halogens is 1. The van der Waals surface area contributed by atoms with Crippen molar-refractivity contribution in [3.05, 3.63) is 57.1 Å². The quantitative estimate of drug-likeness (QED) is 0.578. The van der Waals surface area contributed by atoms with Crippen molar-refractivity contribution >= 4 is 28.9 Å². The van der Waals surface area contributed by atoms with E-state index in [2.05, 4.69) is 4.90 Å². The maximum atomic E-state index is 12.9. The molecule has 146 valence electrons. The average Bonchev–Trinajstić information content (AvgIpc) is 2.73. The summed E-state index contributed by atoms with van der Waals surface area (Å²) in [6, 6.07) is 9.73. The molecule has 0 saturated carbocycles. The van der Waals surface area contributed by atoms with Gasteiger partial charge in [0.25, 0.3) is 11.6 Å². The molecule has 0 radical (unpaired) electrons. The molecule has 0 N–H and O–H groups in total. The van der Waals surface area contributed by atoms with Crippen molar-refractivity contribution in [1.29, 1.82) is 0 Å². The predicted octanol–water partition coefficient (Wildman–Crippen LogP) is 2.98. The smallest absolute Gasteiger partial charge is 0.269 e. The van der Waals surface area contributed by atoms with Gasteiger partial charge in [-0.2, -0.15) is 0 Å². The van der Waals surface area contributed by atoms with Crippen LogP contribution in [0.4, 0.5) is 11.4 Å². The third-order valence-corrected chi connectivity index (χ3v) is 5.12. The monoisotopic (exact) mass is 403 g/mol. The first kappa shape index (κ1) is 18.4. The second-order valence-electron chi connectivity index (χ2n) is 6.54. The summed E-state index contributed by atoms with van der Waals surface area (Å²) in [7, 11) is 0. The van der Waals surface area contributed by atoms with Crippen molar-refractivity contribution < 1.29 is 19.2 Å². The van der Waals surface area contributed by atoms with Crippen molar-refractivity contribution in [2.24, 2.45) is 0 Å². The molecule has 4 rings (SSSR count). The van der Waals surface area contributed by atoms with Gasteiger partial charge in [-0.25, -0.2) is 0 Å². The number of benzene rings is 2. The van der Waals surface area contributed by atoms with Gasteiger partial charge in [-0.05, 0) is 24.3 Å². The van der Waals surface area contributed by atoms with Crippen LogP contribution < -0.4 is 14.4 Å². The van der Waals surface area contributed by atoms with Crippen LogP contribution in [-0.4, -0.2) is 55.1 Å². The molecule has 1 amide bonds. The van der Waals surface area contributed by atoms with Gasteiger partial charge in [-0.1, -0.05) is 11.6 Å². The van der Waals surface area contributed by atoms with Gasteiger partial charge in [0.05, 0.1) is 9.95 Å². The number of hydrogen-bond donors (Lipinski definition) is 0. The lowest BCUT2D eigenvalue weighted by molar-refractivity contribution is -0.384. The zero-order valence-corrected chi connectivity index (χ0v) is 15.7. The Morgan fingerprint density at radius 3 is 2.39 bits per heavy atom. The van der Waals surface area contributed by atoms with Crippen molar-refractivity contribution in [1.82, 2.24) is 4.90 Å². The molecular weight excluding hydrogens is 386 g/mol. The van der Waals surface area contributed by atoms with Crippen molar-refractivity contribution in [3.63, 3.8) is 0 Å². The Kier molecular flexibility index (Phi) is 4.95. The summed E-state index contributed by atoms with van der Waals surface area (Å²) >= 11 is 6.24. The van der Waals surface area contributed by atoms with Crippen LogP contribution in [-0.2, 0) is 0 Å². The number of non-ortho nitro benzene ring substituents is 1. The third kappa shape index (κ3) is 3.55. The highest BCUT2D eigenvalue weighted by molar-refractivity contribution is 6.32. The number of piperazine rings is 1. The van der Waals surface area contributed by atoms with Gasteiger partial charge in [0.1, 0.15) is 13.2 Å². The zero-order valence-electron chi connectivity index (χ0n) is 15.0. The number of fused-ring (bicyclic) bond motifs is 1. The van der Waals surface area contributed by atoms with E-state index in [-0.39, 0.29) is 11.6 Å². The highest BCUT2D eigenvalue weighted by Crippen LogP contribution is 2.38. The molecule has 0 aliphatic carbocycles. The van der Waals surface area contributed by atoms with E-state index >= 15 is 0 Å². The van der Waals surface area contributed by atoms with Gasteiger partial charge in [0.2, 0.25) is 0 Å². The maximum Gasteiger partial charge on any atom is 0.269 e. The molecule has 1 fully saturated rings. The minimum atomic E-state index is -0.418. The number of carbonyl (C=O) groups excluding carboxylic acids is 1. The topological polar surface area (TPSA) is 85.2 Å². The summed E-state index contributed by atoms with van der Waals surface area (Å²) in [5, 5.41) is 11.1. The van der Waals surface area contributed by atoms with Crippen LogP contribution in [0.3, 0.4) is 0 Å². The number of amides is 1. The molecule has 0 unspecified atom stereocenters. The molecule has 9 heteroatoms. The third-order valence-electron chi connectivity index (χ3n) is 4.84. The summed E-state index contributed by atoms with van der Waals surface area (Å²) in [4.78, 5) is 27.1. The molecule has 2 aliphatic rings. The van der Waals surface area contributed by atoms with Crippen molar-refractivity contribution in [3.8, 4) is 11.5 Å². The lowest BCUT2D eigenvalue weighted by Gasteiger charge is -2.36. The van der Waals surface area contributed by atoms with Gasteiger partial charge in [-0.3, -0.25) is 14.9 Å². The lowest BCUT2D eigenvalue weighted by atomic mass is 10.1. The number of nitro benzene ring substituents is 1. The highest BCUT2D eigenvalue weighted by atomic mass is 35.5. The van der Waals surface area contributed by atoms with Crippen molar-refractivity contribution in [2.45, 2.75) is 0 Å². The molecule has 2 aromatic carbocycles. The van der Waals surface area contributed by atoms with Gasteiger partial charge in [-0.15, -0.1) is 0 Å². The van der Waals surface area contributed by atoms with E-state index in [0.717, 1.165) is 5.69 Å². The summed E-state index contributed by atoms with van der Waals surface area (Å²) in [5.41, 5.74) is 1.44. The number of nitro groups is 1. The van der Waals surface area contributed by atoms with E-state index in [0.29, 0.717) is 61.5 Å². The zero-order chi connectivity index (χ0) is 19.7. The fourth-order valence-corrected chi connectivity index (χ4v) is 3.64. The normalized spacial score (nSPS) is 16.0. The first-order chi connectivity index (χ1) is 13.5. The van der Waals surface area contributed by atoms with Crippen molar-refractivity contribution in [2.75, 3.05) is 44.3 Å². The second kappa shape index (κ2) is 7.55.